The molecule has 0 unspecified atom stereocenters. The molecule has 3 heteroatoms. The van der Waals surface area contributed by atoms with Crippen molar-refractivity contribution in [1.82, 2.24) is 0 Å². The molecule has 3 rings (SSSR count). The van der Waals surface area contributed by atoms with Crippen LogP contribution in [0.5, 0.6) is 0 Å². The molecule has 3 aromatic carbocycles. The van der Waals surface area contributed by atoms with Crippen molar-refractivity contribution in [2.75, 3.05) is 4.90 Å². The van der Waals surface area contributed by atoms with Crippen molar-refractivity contribution in [1.29, 1.82) is 0 Å². The molecular weight excluding hydrogens is 286 g/mol. The van der Waals surface area contributed by atoms with E-state index in [1.807, 2.05) is 78.9 Å². The third kappa shape index (κ3) is 3.11. The molecule has 0 amide bonds. The van der Waals surface area contributed by atoms with Crippen molar-refractivity contribution in [2.24, 2.45) is 0 Å². The fourth-order valence-corrected chi connectivity index (χ4v) is 2.74. The zero-order valence-corrected chi connectivity index (χ0v) is 12.8. The van der Waals surface area contributed by atoms with E-state index in [1.165, 1.54) is 0 Å². The molecule has 0 saturated heterocycles. The van der Waals surface area contributed by atoms with Crippen LogP contribution in [0.2, 0.25) is 0 Å². The SMILES string of the molecule is OCc1cccc(N(c2ccccc2)c2ccccc2)c1CO. The van der Waals surface area contributed by atoms with Gasteiger partial charge in [-0.05, 0) is 35.9 Å². The van der Waals surface area contributed by atoms with Gasteiger partial charge in [0.1, 0.15) is 0 Å². The van der Waals surface area contributed by atoms with E-state index in [9.17, 15) is 10.2 Å². The van der Waals surface area contributed by atoms with Crippen molar-refractivity contribution in [3.63, 3.8) is 0 Å². The summed E-state index contributed by atoms with van der Waals surface area (Å²) in [6, 6.07) is 25.7. The summed E-state index contributed by atoms with van der Waals surface area (Å²) in [5.41, 5.74) is 4.35. The molecule has 0 aliphatic carbocycles. The van der Waals surface area contributed by atoms with E-state index < -0.39 is 0 Å². The standard InChI is InChI=1S/C20H19NO2/c22-14-16-8-7-13-20(19(16)15-23)21(17-9-3-1-4-10-17)18-11-5-2-6-12-18/h1-13,22-23H,14-15H2. The maximum Gasteiger partial charge on any atom is 0.0705 e. The van der Waals surface area contributed by atoms with Gasteiger partial charge >= 0.3 is 0 Å². The number of hydrogen-bond acceptors (Lipinski definition) is 3. The Kier molecular flexibility index (Phi) is 4.71. The number of para-hydroxylation sites is 2. The molecule has 0 heterocycles. The van der Waals surface area contributed by atoms with E-state index in [0.717, 1.165) is 28.2 Å². The number of hydrogen-bond donors (Lipinski definition) is 2. The highest BCUT2D eigenvalue weighted by Gasteiger charge is 2.17. The molecular formula is C20H19NO2. The highest BCUT2D eigenvalue weighted by atomic mass is 16.3. The Balaban J connectivity index is 2.21. The van der Waals surface area contributed by atoms with Crippen molar-refractivity contribution in [3.8, 4) is 0 Å². The maximum absolute atomic E-state index is 9.84. The summed E-state index contributed by atoms with van der Waals surface area (Å²) >= 11 is 0. The zero-order valence-electron chi connectivity index (χ0n) is 12.8. The first-order valence-corrected chi connectivity index (χ1v) is 7.58. The molecule has 0 fully saturated rings. The van der Waals surface area contributed by atoms with E-state index in [1.54, 1.807) is 0 Å². The minimum absolute atomic E-state index is 0.0961. The Labute approximate surface area is 136 Å². The predicted molar refractivity (Wildman–Crippen MR) is 93.0 cm³/mol. The van der Waals surface area contributed by atoms with Gasteiger partial charge in [-0.3, -0.25) is 0 Å². The lowest BCUT2D eigenvalue weighted by Crippen LogP contribution is -2.13. The lowest BCUT2D eigenvalue weighted by Gasteiger charge is -2.28. The van der Waals surface area contributed by atoms with Gasteiger partial charge in [-0.1, -0.05) is 48.5 Å². The Morgan fingerprint density at radius 2 is 1.17 bits per heavy atom. The molecule has 0 aliphatic heterocycles. The summed E-state index contributed by atoms with van der Waals surface area (Å²) in [4.78, 5) is 2.09. The zero-order chi connectivity index (χ0) is 16.1. The van der Waals surface area contributed by atoms with E-state index in [4.69, 9.17) is 0 Å². The summed E-state index contributed by atoms with van der Waals surface area (Å²) in [7, 11) is 0. The number of aliphatic hydroxyl groups excluding tert-OH is 2. The molecule has 0 bridgehead atoms. The largest absolute Gasteiger partial charge is 0.392 e. The van der Waals surface area contributed by atoms with Gasteiger partial charge in [0.2, 0.25) is 0 Å². The fraction of sp³-hybridized carbons (Fsp3) is 0.100. The molecule has 116 valence electrons. The van der Waals surface area contributed by atoms with Crippen LogP contribution in [0.3, 0.4) is 0 Å². The minimum Gasteiger partial charge on any atom is -0.392 e. The van der Waals surface area contributed by atoms with Crippen LogP contribution in [-0.2, 0) is 13.2 Å². The van der Waals surface area contributed by atoms with Crippen LogP contribution in [0, 0.1) is 0 Å². The molecule has 3 nitrogen and oxygen atoms in total. The first-order valence-electron chi connectivity index (χ1n) is 7.58. The minimum atomic E-state index is -0.123. The lowest BCUT2D eigenvalue weighted by molar-refractivity contribution is 0.260. The second-order valence-corrected chi connectivity index (χ2v) is 5.24. The van der Waals surface area contributed by atoms with Crippen LogP contribution in [-0.4, -0.2) is 10.2 Å². The highest BCUT2D eigenvalue weighted by Crippen LogP contribution is 2.37. The molecule has 3 aromatic rings. The maximum atomic E-state index is 9.84. The van der Waals surface area contributed by atoms with Gasteiger partial charge in [0.25, 0.3) is 0 Å². The normalized spacial score (nSPS) is 10.5. The van der Waals surface area contributed by atoms with E-state index in [0.29, 0.717) is 0 Å². The Hall–Kier alpha value is -2.62. The molecule has 0 spiro atoms. The molecule has 0 atom stereocenters. The fourth-order valence-electron chi connectivity index (χ4n) is 2.74. The van der Waals surface area contributed by atoms with Gasteiger partial charge in [-0.15, -0.1) is 0 Å². The number of benzene rings is 3. The summed E-state index contributed by atoms with van der Waals surface area (Å²) < 4.78 is 0. The molecule has 23 heavy (non-hydrogen) atoms. The van der Waals surface area contributed by atoms with E-state index >= 15 is 0 Å². The van der Waals surface area contributed by atoms with Crippen molar-refractivity contribution >= 4 is 17.1 Å². The highest BCUT2D eigenvalue weighted by molar-refractivity contribution is 5.78. The van der Waals surface area contributed by atoms with E-state index in [2.05, 4.69) is 4.90 Å². The van der Waals surface area contributed by atoms with Crippen LogP contribution in [0.25, 0.3) is 0 Å². The molecule has 2 N–H and O–H groups in total. The molecule has 0 radical (unpaired) electrons. The summed E-state index contributed by atoms with van der Waals surface area (Å²) in [5.74, 6) is 0. The van der Waals surface area contributed by atoms with Gasteiger partial charge in [-0.2, -0.15) is 0 Å². The number of rotatable bonds is 5. The van der Waals surface area contributed by atoms with Crippen LogP contribution in [0.15, 0.2) is 78.9 Å². The first-order chi connectivity index (χ1) is 11.3. The molecule has 0 aliphatic rings. The number of anilines is 3. The summed E-state index contributed by atoms with van der Waals surface area (Å²) in [6.07, 6.45) is 0. The quantitative estimate of drug-likeness (QED) is 0.744. The average Bonchev–Trinajstić information content (AvgIpc) is 2.63. The van der Waals surface area contributed by atoms with Gasteiger partial charge in [0.15, 0.2) is 0 Å². The number of aliphatic hydroxyl groups is 2. The third-order valence-electron chi connectivity index (χ3n) is 3.85. The van der Waals surface area contributed by atoms with Crippen molar-refractivity contribution in [3.05, 3.63) is 90.0 Å². The van der Waals surface area contributed by atoms with Gasteiger partial charge in [-0.25, -0.2) is 0 Å². The second kappa shape index (κ2) is 7.09. The second-order valence-electron chi connectivity index (χ2n) is 5.24. The Bertz CT molecular complexity index is 718. The van der Waals surface area contributed by atoms with Crippen LogP contribution >= 0.6 is 0 Å². The van der Waals surface area contributed by atoms with Gasteiger partial charge in [0.05, 0.1) is 18.9 Å². The van der Waals surface area contributed by atoms with Crippen LogP contribution in [0.1, 0.15) is 11.1 Å². The number of nitrogens with zero attached hydrogens (tertiary/aromatic N) is 1. The predicted octanol–water partition coefficient (Wildman–Crippen LogP) is 4.14. The Morgan fingerprint density at radius 1 is 0.609 bits per heavy atom. The molecule has 0 saturated carbocycles. The van der Waals surface area contributed by atoms with Crippen LogP contribution in [0.4, 0.5) is 17.1 Å². The van der Waals surface area contributed by atoms with Crippen LogP contribution < -0.4 is 4.90 Å². The molecule has 0 aromatic heterocycles. The van der Waals surface area contributed by atoms with Crippen molar-refractivity contribution < 1.29 is 10.2 Å². The van der Waals surface area contributed by atoms with Crippen molar-refractivity contribution in [2.45, 2.75) is 13.2 Å². The Morgan fingerprint density at radius 3 is 1.65 bits per heavy atom. The topological polar surface area (TPSA) is 43.7 Å². The van der Waals surface area contributed by atoms with E-state index in [-0.39, 0.29) is 13.2 Å². The average molecular weight is 305 g/mol. The first kappa shape index (κ1) is 15.3. The summed E-state index contributed by atoms with van der Waals surface area (Å²) in [5, 5.41) is 19.4. The van der Waals surface area contributed by atoms with Gasteiger partial charge < -0.3 is 15.1 Å². The lowest BCUT2D eigenvalue weighted by atomic mass is 10.0. The smallest absolute Gasteiger partial charge is 0.0705 e. The van der Waals surface area contributed by atoms with Gasteiger partial charge in [0, 0.05) is 16.9 Å². The third-order valence-corrected chi connectivity index (χ3v) is 3.85. The monoisotopic (exact) mass is 305 g/mol. The summed E-state index contributed by atoms with van der Waals surface area (Å²) in [6.45, 7) is -0.219.